The predicted octanol–water partition coefficient (Wildman–Crippen LogP) is 3.07. The smallest absolute Gasteiger partial charge is 0.317 e. The third-order valence-corrected chi connectivity index (χ3v) is 5.16. The summed E-state index contributed by atoms with van der Waals surface area (Å²) in [6.07, 6.45) is 4.73. The first-order valence-corrected chi connectivity index (χ1v) is 9.02. The van der Waals surface area contributed by atoms with Crippen LogP contribution in [-0.2, 0) is 4.79 Å². The van der Waals surface area contributed by atoms with Crippen LogP contribution in [0, 0.1) is 6.92 Å². The Hall–Kier alpha value is -2.04. The van der Waals surface area contributed by atoms with Gasteiger partial charge in [0, 0.05) is 31.2 Å². The summed E-state index contributed by atoms with van der Waals surface area (Å²) >= 11 is 0. The molecule has 2 aliphatic heterocycles. The summed E-state index contributed by atoms with van der Waals surface area (Å²) in [5.41, 5.74) is 2.08. The molecule has 2 aliphatic rings. The molecule has 5 nitrogen and oxygen atoms in total. The molecule has 2 fully saturated rings. The average molecular weight is 329 g/mol. The summed E-state index contributed by atoms with van der Waals surface area (Å²) in [5, 5.41) is 3.08. The minimum Gasteiger partial charge on any atom is -0.333 e. The maximum Gasteiger partial charge on any atom is 0.317 e. The number of rotatable bonds is 3. The second-order valence-corrected chi connectivity index (χ2v) is 6.94. The van der Waals surface area contributed by atoms with Crippen LogP contribution in [0.2, 0.25) is 0 Å². The van der Waals surface area contributed by atoms with Crippen LogP contribution in [0.4, 0.5) is 10.5 Å². The fraction of sp³-hybridized carbons (Fsp3) is 0.579. The van der Waals surface area contributed by atoms with Gasteiger partial charge < -0.3 is 15.1 Å². The zero-order valence-corrected chi connectivity index (χ0v) is 14.6. The van der Waals surface area contributed by atoms with E-state index in [2.05, 4.69) is 12.2 Å². The van der Waals surface area contributed by atoms with Crippen LogP contribution in [0.25, 0.3) is 0 Å². The van der Waals surface area contributed by atoms with Crippen LogP contribution in [0.15, 0.2) is 24.3 Å². The summed E-state index contributed by atoms with van der Waals surface area (Å²) < 4.78 is 0. The number of likely N-dealkylation sites (tertiary alicyclic amines) is 1. The predicted molar refractivity (Wildman–Crippen MR) is 95.1 cm³/mol. The normalized spacial score (nSPS) is 24.3. The maximum absolute atomic E-state index is 12.6. The van der Waals surface area contributed by atoms with Gasteiger partial charge in [-0.2, -0.15) is 0 Å². The van der Waals surface area contributed by atoms with E-state index in [-0.39, 0.29) is 18.0 Å². The van der Waals surface area contributed by atoms with Crippen LogP contribution in [0.1, 0.15) is 44.6 Å². The summed E-state index contributed by atoms with van der Waals surface area (Å²) in [5.74, 6) is 0.0786. The number of amides is 3. The van der Waals surface area contributed by atoms with Crippen molar-refractivity contribution in [3.05, 3.63) is 29.8 Å². The van der Waals surface area contributed by atoms with Gasteiger partial charge in [0.15, 0.2) is 0 Å². The van der Waals surface area contributed by atoms with Crippen LogP contribution < -0.4 is 10.2 Å². The first-order valence-electron chi connectivity index (χ1n) is 9.02. The van der Waals surface area contributed by atoms with Crippen molar-refractivity contribution >= 4 is 17.6 Å². The second-order valence-electron chi connectivity index (χ2n) is 6.94. The summed E-state index contributed by atoms with van der Waals surface area (Å²) in [7, 11) is 0. The lowest BCUT2D eigenvalue weighted by Gasteiger charge is -2.35. The molecule has 3 amide bonds. The van der Waals surface area contributed by atoms with Crippen molar-refractivity contribution in [1.82, 2.24) is 10.2 Å². The Kier molecular flexibility index (Phi) is 5.07. The second kappa shape index (κ2) is 7.24. The molecule has 3 rings (SSSR count). The van der Waals surface area contributed by atoms with Gasteiger partial charge >= 0.3 is 6.03 Å². The average Bonchev–Trinajstić information content (AvgIpc) is 2.95. The standard InChI is InChI=1S/C19H27N3O2/c1-3-16-6-4-5-11-21(16)19(24)20-15-12-18(23)22(13-15)17-9-7-14(2)8-10-17/h7-10,15-16H,3-6,11-13H2,1-2H3,(H,20,24)/t15-,16-/m1/s1. The van der Waals surface area contributed by atoms with Gasteiger partial charge in [0.2, 0.25) is 5.91 Å². The van der Waals surface area contributed by atoms with Gasteiger partial charge in [0.25, 0.3) is 0 Å². The highest BCUT2D eigenvalue weighted by atomic mass is 16.2. The van der Waals surface area contributed by atoms with E-state index in [0.717, 1.165) is 31.5 Å². The zero-order valence-electron chi connectivity index (χ0n) is 14.6. The van der Waals surface area contributed by atoms with Crippen molar-refractivity contribution in [3.63, 3.8) is 0 Å². The molecule has 1 aromatic carbocycles. The Morgan fingerprint density at radius 2 is 2.00 bits per heavy atom. The molecule has 0 radical (unpaired) electrons. The summed E-state index contributed by atoms with van der Waals surface area (Å²) in [4.78, 5) is 28.6. The molecule has 1 N–H and O–H groups in total. The van der Waals surface area contributed by atoms with Crippen molar-refractivity contribution in [2.75, 3.05) is 18.0 Å². The van der Waals surface area contributed by atoms with Crippen molar-refractivity contribution in [1.29, 1.82) is 0 Å². The Morgan fingerprint density at radius 3 is 2.71 bits per heavy atom. The number of nitrogens with zero attached hydrogens (tertiary/aromatic N) is 2. The third-order valence-electron chi connectivity index (χ3n) is 5.16. The SMILES string of the molecule is CC[C@@H]1CCCCN1C(=O)N[C@@H]1CC(=O)N(c2ccc(C)cc2)C1. The van der Waals surface area contributed by atoms with Crippen molar-refractivity contribution in [3.8, 4) is 0 Å². The molecule has 0 spiro atoms. The van der Waals surface area contributed by atoms with E-state index in [1.54, 1.807) is 4.90 Å². The van der Waals surface area contributed by atoms with E-state index >= 15 is 0 Å². The first-order chi connectivity index (χ1) is 11.6. The van der Waals surface area contributed by atoms with Gasteiger partial charge in [0.05, 0.1) is 6.04 Å². The lowest BCUT2D eigenvalue weighted by molar-refractivity contribution is -0.117. The molecule has 0 aromatic heterocycles. The summed E-state index contributed by atoms with van der Waals surface area (Å²) in [6.45, 7) is 5.54. The maximum atomic E-state index is 12.6. The number of urea groups is 1. The molecular formula is C19H27N3O2. The summed E-state index contributed by atoms with van der Waals surface area (Å²) in [6, 6.07) is 8.17. The molecule has 0 bridgehead atoms. The highest BCUT2D eigenvalue weighted by Crippen LogP contribution is 2.23. The molecule has 2 atom stereocenters. The quantitative estimate of drug-likeness (QED) is 0.926. The number of anilines is 1. The Labute approximate surface area is 144 Å². The molecule has 0 unspecified atom stereocenters. The Morgan fingerprint density at radius 1 is 1.25 bits per heavy atom. The van der Waals surface area contributed by atoms with Crippen LogP contribution in [0.5, 0.6) is 0 Å². The number of carbonyl (C=O) groups excluding carboxylic acids is 2. The molecule has 5 heteroatoms. The van der Waals surface area contributed by atoms with Gasteiger partial charge in [-0.05, 0) is 44.7 Å². The van der Waals surface area contributed by atoms with Gasteiger partial charge in [-0.3, -0.25) is 4.79 Å². The number of hydrogen-bond acceptors (Lipinski definition) is 2. The lowest BCUT2D eigenvalue weighted by atomic mass is 10.0. The highest BCUT2D eigenvalue weighted by Gasteiger charge is 2.34. The Bertz CT molecular complexity index is 599. The van der Waals surface area contributed by atoms with Gasteiger partial charge in [0.1, 0.15) is 0 Å². The van der Waals surface area contributed by atoms with Crippen molar-refractivity contribution in [2.24, 2.45) is 0 Å². The third kappa shape index (κ3) is 3.55. The van der Waals surface area contributed by atoms with Crippen molar-refractivity contribution in [2.45, 2.75) is 58.0 Å². The largest absolute Gasteiger partial charge is 0.333 e. The molecule has 0 aliphatic carbocycles. The van der Waals surface area contributed by atoms with Gasteiger partial charge in [-0.25, -0.2) is 4.79 Å². The lowest BCUT2D eigenvalue weighted by Crippen LogP contribution is -2.51. The molecule has 130 valence electrons. The molecule has 0 saturated carbocycles. The Balaban J connectivity index is 1.61. The van der Waals surface area contributed by atoms with E-state index in [4.69, 9.17) is 0 Å². The number of aryl methyl sites for hydroxylation is 1. The monoisotopic (exact) mass is 329 g/mol. The topological polar surface area (TPSA) is 52.7 Å². The number of piperidine rings is 1. The van der Waals surface area contributed by atoms with Crippen molar-refractivity contribution < 1.29 is 9.59 Å². The molecule has 1 aromatic rings. The van der Waals surface area contributed by atoms with Crippen LogP contribution in [0.3, 0.4) is 0 Å². The van der Waals surface area contributed by atoms with Crippen LogP contribution in [-0.4, -0.2) is 42.0 Å². The van der Waals surface area contributed by atoms with E-state index < -0.39 is 0 Å². The number of carbonyl (C=O) groups is 2. The number of benzene rings is 1. The molecular weight excluding hydrogens is 302 g/mol. The van der Waals surface area contributed by atoms with E-state index in [1.165, 1.54) is 12.0 Å². The number of nitrogens with one attached hydrogen (secondary N) is 1. The minimum absolute atomic E-state index is 0.00916. The van der Waals surface area contributed by atoms with E-state index in [9.17, 15) is 9.59 Å². The zero-order chi connectivity index (χ0) is 17.1. The molecule has 24 heavy (non-hydrogen) atoms. The molecule has 2 saturated heterocycles. The fourth-order valence-corrected chi connectivity index (χ4v) is 3.73. The van der Waals surface area contributed by atoms with Crippen LogP contribution >= 0.6 is 0 Å². The van der Waals surface area contributed by atoms with Gasteiger partial charge in [-0.1, -0.05) is 24.6 Å². The van der Waals surface area contributed by atoms with E-state index in [0.29, 0.717) is 19.0 Å². The van der Waals surface area contributed by atoms with Gasteiger partial charge in [-0.15, -0.1) is 0 Å². The highest BCUT2D eigenvalue weighted by molar-refractivity contribution is 5.96. The number of hydrogen-bond donors (Lipinski definition) is 1. The fourth-order valence-electron chi connectivity index (χ4n) is 3.73. The first kappa shape index (κ1) is 16.8. The minimum atomic E-state index is -0.106. The molecule has 2 heterocycles. The van der Waals surface area contributed by atoms with E-state index in [1.807, 2.05) is 36.1 Å².